The molecule has 0 aliphatic carbocycles. The summed E-state index contributed by atoms with van der Waals surface area (Å²) in [6.45, 7) is 11.6. The van der Waals surface area contributed by atoms with Crippen LogP contribution < -0.4 is 4.74 Å². The highest BCUT2D eigenvalue weighted by Crippen LogP contribution is 2.41. The molecule has 4 heteroatoms. The Morgan fingerprint density at radius 2 is 1.67 bits per heavy atom. The highest BCUT2D eigenvalue weighted by atomic mass is 32.2. The van der Waals surface area contributed by atoms with Crippen molar-refractivity contribution in [3.8, 4) is 5.75 Å². The number of ether oxygens (including phenoxy) is 1. The van der Waals surface area contributed by atoms with Gasteiger partial charge in [-0.3, -0.25) is 0 Å². The molecule has 0 radical (unpaired) electrons. The zero-order chi connectivity index (χ0) is 20.0. The molecular formula is C23H30OS3. The Kier molecular flexibility index (Phi) is 8.71. The molecule has 146 valence electrons. The van der Waals surface area contributed by atoms with Crippen LogP contribution in [0.2, 0.25) is 0 Å². The molecule has 2 aromatic carbocycles. The summed E-state index contributed by atoms with van der Waals surface area (Å²) in [5.41, 5.74) is 3.53. The Labute approximate surface area is 179 Å². The maximum absolute atomic E-state index is 6.09. The minimum atomic E-state index is 0.447. The van der Waals surface area contributed by atoms with E-state index in [0.717, 1.165) is 31.8 Å². The Morgan fingerprint density at radius 1 is 1.00 bits per heavy atom. The molecule has 0 N–H and O–H groups in total. The van der Waals surface area contributed by atoms with Gasteiger partial charge in [-0.25, -0.2) is 0 Å². The summed E-state index contributed by atoms with van der Waals surface area (Å²) in [6.07, 6.45) is 1.03. The van der Waals surface area contributed by atoms with Crippen LogP contribution in [0.5, 0.6) is 5.75 Å². The molecule has 0 aliphatic heterocycles. The zero-order valence-corrected chi connectivity index (χ0v) is 19.4. The van der Waals surface area contributed by atoms with Crippen molar-refractivity contribution >= 4 is 41.9 Å². The number of thiol groups is 2. The van der Waals surface area contributed by atoms with Gasteiger partial charge in [-0.15, -0.1) is 25.3 Å². The van der Waals surface area contributed by atoms with E-state index >= 15 is 0 Å². The fourth-order valence-corrected chi connectivity index (χ4v) is 3.95. The van der Waals surface area contributed by atoms with Gasteiger partial charge >= 0.3 is 0 Å². The monoisotopic (exact) mass is 418 g/mol. The summed E-state index contributed by atoms with van der Waals surface area (Å²) < 4.78 is 6.97. The van der Waals surface area contributed by atoms with Gasteiger partial charge in [-0.2, -0.15) is 0 Å². The van der Waals surface area contributed by atoms with Crippen LogP contribution in [0.15, 0.2) is 51.6 Å². The van der Waals surface area contributed by atoms with Gasteiger partial charge in [-0.1, -0.05) is 63.2 Å². The van der Waals surface area contributed by atoms with Crippen LogP contribution in [-0.2, 0) is 0 Å². The lowest BCUT2D eigenvalue weighted by Gasteiger charge is -2.16. The van der Waals surface area contributed by atoms with E-state index < -0.39 is 0 Å². The summed E-state index contributed by atoms with van der Waals surface area (Å²) in [5, 5.41) is 0. The van der Waals surface area contributed by atoms with Gasteiger partial charge in [-0.05, 0) is 55.0 Å². The van der Waals surface area contributed by atoms with Crippen LogP contribution in [0.4, 0.5) is 0 Å². The second-order valence-corrected chi connectivity index (χ2v) is 9.79. The number of hydrogen-bond acceptors (Lipinski definition) is 4. The van der Waals surface area contributed by atoms with Crippen molar-refractivity contribution < 1.29 is 4.74 Å². The Hall–Kier alpha value is -0.970. The van der Waals surface area contributed by atoms with E-state index in [0.29, 0.717) is 18.4 Å². The smallest absolute Gasteiger partial charge is 0.127 e. The molecule has 0 bridgehead atoms. The van der Waals surface area contributed by atoms with Gasteiger partial charge < -0.3 is 4.74 Å². The molecule has 0 saturated heterocycles. The largest absolute Gasteiger partial charge is 0.493 e. The van der Waals surface area contributed by atoms with Crippen molar-refractivity contribution in [3.63, 3.8) is 0 Å². The minimum absolute atomic E-state index is 0.447. The van der Waals surface area contributed by atoms with Gasteiger partial charge in [0.05, 0.1) is 10.8 Å². The third-order valence-electron chi connectivity index (χ3n) is 4.32. The summed E-state index contributed by atoms with van der Waals surface area (Å²) in [4.78, 5) is 2.00. The second-order valence-electron chi connectivity index (χ2n) is 7.51. The normalized spacial score (nSPS) is 12.5. The lowest BCUT2D eigenvalue weighted by Crippen LogP contribution is -2.03. The zero-order valence-electron chi connectivity index (χ0n) is 16.8. The molecule has 1 nitrogen and oxygen atoms in total. The van der Waals surface area contributed by atoms with Crippen molar-refractivity contribution in [1.29, 1.82) is 0 Å². The van der Waals surface area contributed by atoms with Crippen LogP contribution in [0.1, 0.15) is 56.7 Å². The van der Waals surface area contributed by atoms with Crippen molar-refractivity contribution in [3.05, 3.63) is 63.4 Å². The summed E-state index contributed by atoms with van der Waals surface area (Å²) in [6, 6.07) is 14.8. The first-order chi connectivity index (χ1) is 12.8. The fraction of sp³-hybridized carbons (Fsp3) is 0.391. The SMILES string of the molecule is Cc1ccc(S/C(S)=C(/S)c2cc(C(C)C)ccc2OCCC(C)C)cc1. The molecule has 0 unspecified atom stereocenters. The first-order valence-electron chi connectivity index (χ1n) is 9.41. The molecule has 0 fully saturated rings. The molecule has 0 aliphatic rings. The minimum Gasteiger partial charge on any atom is -0.493 e. The first-order valence-corrected chi connectivity index (χ1v) is 11.1. The molecule has 2 aromatic rings. The van der Waals surface area contributed by atoms with Crippen LogP contribution in [0, 0.1) is 12.8 Å². The summed E-state index contributed by atoms with van der Waals surface area (Å²) >= 11 is 11.2. The predicted molar refractivity (Wildman–Crippen MR) is 127 cm³/mol. The topological polar surface area (TPSA) is 9.23 Å². The van der Waals surface area contributed by atoms with E-state index in [2.05, 4.69) is 77.1 Å². The van der Waals surface area contributed by atoms with Gasteiger partial charge in [0.15, 0.2) is 0 Å². The summed E-state index contributed by atoms with van der Waals surface area (Å²) in [5.74, 6) is 1.94. The van der Waals surface area contributed by atoms with Crippen LogP contribution in [0.25, 0.3) is 4.91 Å². The third-order valence-corrected chi connectivity index (χ3v) is 6.51. The van der Waals surface area contributed by atoms with Crippen LogP contribution >= 0.6 is 37.0 Å². The number of rotatable bonds is 8. The molecule has 27 heavy (non-hydrogen) atoms. The maximum atomic E-state index is 6.09. The third kappa shape index (κ3) is 6.85. The fourth-order valence-electron chi connectivity index (χ4n) is 2.50. The van der Waals surface area contributed by atoms with Gasteiger partial charge in [0, 0.05) is 15.4 Å². The maximum Gasteiger partial charge on any atom is 0.127 e. The Balaban J connectivity index is 2.32. The lowest BCUT2D eigenvalue weighted by atomic mass is 10.00. The van der Waals surface area contributed by atoms with E-state index in [1.165, 1.54) is 11.1 Å². The number of thioether (sulfide) groups is 1. The lowest BCUT2D eigenvalue weighted by molar-refractivity contribution is 0.289. The summed E-state index contributed by atoms with van der Waals surface area (Å²) in [7, 11) is 0. The van der Waals surface area contributed by atoms with Gasteiger partial charge in [0.25, 0.3) is 0 Å². The Bertz CT molecular complexity index is 777. The van der Waals surface area contributed by atoms with E-state index in [1.807, 2.05) is 0 Å². The van der Waals surface area contributed by atoms with Crippen molar-refractivity contribution in [2.75, 3.05) is 6.61 Å². The highest BCUT2D eigenvalue weighted by molar-refractivity contribution is 8.17. The van der Waals surface area contributed by atoms with Crippen LogP contribution in [0.3, 0.4) is 0 Å². The quantitative estimate of drug-likeness (QED) is 0.334. The first kappa shape index (κ1) is 22.3. The van der Waals surface area contributed by atoms with Gasteiger partial charge in [0.2, 0.25) is 0 Å². The highest BCUT2D eigenvalue weighted by Gasteiger charge is 2.13. The average molecular weight is 419 g/mol. The molecule has 0 atom stereocenters. The molecule has 0 amide bonds. The molecule has 0 spiro atoms. The second kappa shape index (κ2) is 10.5. The van der Waals surface area contributed by atoms with Crippen molar-refractivity contribution in [1.82, 2.24) is 0 Å². The number of hydrogen-bond donors (Lipinski definition) is 2. The van der Waals surface area contributed by atoms with E-state index in [9.17, 15) is 0 Å². The average Bonchev–Trinajstić information content (AvgIpc) is 2.62. The van der Waals surface area contributed by atoms with E-state index in [4.69, 9.17) is 30.0 Å². The van der Waals surface area contributed by atoms with Crippen molar-refractivity contribution in [2.24, 2.45) is 5.92 Å². The van der Waals surface area contributed by atoms with Crippen LogP contribution in [-0.4, -0.2) is 6.61 Å². The van der Waals surface area contributed by atoms with Gasteiger partial charge in [0.1, 0.15) is 5.75 Å². The molecule has 0 saturated carbocycles. The molecule has 0 heterocycles. The predicted octanol–water partition coefficient (Wildman–Crippen LogP) is 7.82. The molecule has 0 aromatic heterocycles. The number of aryl methyl sites for hydroxylation is 1. The standard InChI is InChI=1S/C23H30OS3/c1-15(2)12-13-24-21-11-8-18(16(3)4)14-20(21)22(25)23(26)27-19-9-6-17(5)7-10-19/h6-11,14-16,25-26H,12-13H2,1-5H3/b23-22+. The number of benzene rings is 2. The van der Waals surface area contributed by atoms with E-state index in [-0.39, 0.29) is 0 Å². The van der Waals surface area contributed by atoms with Crippen molar-refractivity contribution in [2.45, 2.75) is 51.9 Å². The molecule has 2 rings (SSSR count). The Morgan fingerprint density at radius 3 is 2.26 bits per heavy atom. The van der Waals surface area contributed by atoms with E-state index in [1.54, 1.807) is 11.8 Å². The molecular weight excluding hydrogens is 388 g/mol.